The van der Waals surface area contributed by atoms with Gasteiger partial charge in [-0.2, -0.15) is 5.10 Å². The third kappa shape index (κ3) is 3.16. The van der Waals surface area contributed by atoms with Crippen LogP contribution in [0.5, 0.6) is 0 Å². The Bertz CT molecular complexity index is 990. The van der Waals surface area contributed by atoms with Crippen LogP contribution >= 0.6 is 0 Å². The van der Waals surface area contributed by atoms with Gasteiger partial charge in [0.1, 0.15) is 0 Å². The van der Waals surface area contributed by atoms with Crippen molar-refractivity contribution in [1.82, 2.24) is 0 Å². The number of hydrazone groups is 1. The number of anilines is 1. The second-order valence-corrected chi connectivity index (χ2v) is 7.60. The van der Waals surface area contributed by atoms with Crippen LogP contribution in [0.15, 0.2) is 108 Å². The van der Waals surface area contributed by atoms with Gasteiger partial charge in [0, 0.05) is 5.92 Å². The maximum absolute atomic E-state index is 5.20. The molecule has 0 saturated heterocycles. The normalized spacial score (nSPS) is 21.1. The molecule has 2 atom stereocenters. The van der Waals surface area contributed by atoms with Crippen molar-refractivity contribution in [3.05, 3.63) is 114 Å². The van der Waals surface area contributed by atoms with E-state index in [4.69, 9.17) is 5.10 Å². The fourth-order valence-corrected chi connectivity index (χ4v) is 4.51. The number of hydrogen-bond donors (Lipinski definition) is 0. The van der Waals surface area contributed by atoms with E-state index in [-0.39, 0.29) is 6.04 Å². The lowest BCUT2D eigenvalue weighted by Gasteiger charge is -2.30. The van der Waals surface area contributed by atoms with E-state index >= 15 is 0 Å². The van der Waals surface area contributed by atoms with Crippen LogP contribution < -0.4 is 5.01 Å². The highest BCUT2D eigenvalue weighted by Crippen LogP contribution is 2.44. The van der Waals surface area contributed by atoms with E-state index in [0.29, 0.717) is 5.92 Å². The first-order chi connectivity index (χ1) is 13.9. The van der Waals surface area contributed by atoms with E-state index in [9.17, 15) is 0 Å². The zero-order valence-electron chi connectivity index (χ0n) is 15.9. The minimum Gasteiger partial charge on any atom is -0.257 e. The van der Waals surface area contributed by atoms with Gasteiger partial charge in [0.25, 0.3) is 0 Å². The molecular formula is C26H24N2. The maximum Gasteiger partial charge on any atom is 0.0860 e. The van der Waals surface area contributed by atoms with Gasteiger partial charge in [-0.15, -0.1) is 0 Å². The summed E-state index contributed by atoms with van der Waals surface area (Å²) in [5, 5.41) is 7.45. The summed E-state index contributed by atoms with van der Waals surface area (Å²) < 4.78 is 0. The molecule has 1 heterocycles. The minimum absolute atomic E-state index is 0.262. The number of hydrogen-bond acceptors (Lipinski definition) is 2. The number of allylic oxidation sites excluding steroid dienone is 2. The SMILES string of the molecule is C1=C(Cc2ccccc2)C2=NN(c3ccccc3)[C@H](c3ccccc3)[C@@H]2CC1. The molecule has 0 aromatic heterocycles. The third-order valence-electron chi connectivity index (χ3n) is 5.81. The Morgan fingerprint density at radius 1 is 0.786 bits per heavy atom. The fourth-order valence-electron chi connectivity index (χ4n) is 4.51. The topological polar surface area (TPSA) is 15.6 Å². The Hall–Kier alpha value is -3.13. The largest absolute Gasteiger partial charge is 0.257 e. The van der Waals surface area contributed by atoms with Crippen LogP contribution in [-0.2, 0) is 6.42 Å². The molecule has 1 aliphatic carbocycles. The van der Waals surface area contributed by atoms with E-state index in [2.05, 4.69) is 102 Å². The molecule has 138 valence electrons. The molecule has 3 aromatic rings. The highest BCUT2D eigenvalue weighted by molar-refractivity contribution is 6.05. The fraction of sp³-hybridized carbons (Fsp3) is 0.192. The first kappa shape index (κ1) is 17.0. The van der Waals surface area contributed by atoms with Gasteiger partial charge >= 0.3 is 0 Å². The molecule has 2 aliphatic rings. The summed E-state index contributed by atoms with van der Waals surface area (Å²) >= 11 is 0. The van der Waals surface area contributed by atoms with Crippen LogP contribution in [-0.4, -0.2) is 5.71 Å². The highest BCUT2D eigenvalue weighted by atomic mass is 15.5. The van der Waals surface area contributed by atoms with Gasteiger partial charge < -0.3 is 0 Å². The first-order valence-electron chi connectivity index (χ1n) is 10.1. The van der Waals surface area contributed by atoms with Gasteiger partial charge in [-0.1, -0.05) is 84.9 Å². The number of fused-ring (bicyclic) bond motifs is 1. The van der Waals surface area contributed by atoms with E-state index < -0.39 is 0 Å². The van der Waals surface area contributed by atoms with Crippen molar-refractivity contribution in [3.63, 3.8) is 0 Å². The molecule has 3 aromatic carbocycles. The summed E-state index contributed by atoms with van der Waals surface area (Å²) in [6, 6.07) is 32.5. The second-order valence-electron chi connectivity index (χ2n) is 7.60. The molecule has 0 radical (unpaired) electrons. The molecule has 0 spiro atoms. The highest BCUT2D eigenvalue weighted by Gasteiger charge is 2.41. The quantitative estimate of drug-likeness (QED) is 0.539. The average molecular weight is 364 g/mol. The molecule has 5 rings (SSSR count). The summed E-state index contributed by atoms with van der Waals surface area (Å²) in [4.78, 5) is 0. The van der Waals surface area contributed by atoms with Crippen molar-refractivity contribution in [2.24, 2.45) is 11.0 Å². The van der Waals surface area contributed by atoms with Gasteiger partial charge in [0.05, 0.1) is 17.4 Å². The van der Waals surface area contributed by atoms with Gasteiger partial charge in [-0.3, -0.25) is 5.01 Å². The summed E-state index contributed by atoms with van der Waals surface area (Å²) in [6.07, 6.45) is 5.64. The van der Waals surface area contributed by atoms with Crippen LogP contribution in [0.4, 0.5) is 5.69 Å². The molecule has 0 amide bonds. The Balaban J connectivity index is 1.55. The van der Waals surface area contributed by atoms with E-state index in [1.165, 1.54) is 22.4 Å². The number of rotatable bonds is 4. The Morgan fingerprint density at radius 3 is 2.14 bits per heavy atom. The van der Waals surface area contributed by atoms with Gasteiger partial charge in [-0.25, -0.2) is 0 Å². The Labute approximate surface area is 166 Å². The summed E-state index contributed by atoms with van der Waals surface area (Å²) in [5.74, 6) is 0.436. The summed E-state index contributed by atoms with van der Waals surface area (Å²) in [5.41, 5.74) is 6.52. The lowest BCUT2D eigenvalue weighted by molar-refractivity contribution is 0.514. The van der Waals surface area contributed by atoms with Gasteiger partial charge in [0.15, 0.2) is 0 Å². The van der Waals surface area contributed by atoms with Crippen LogP contribution in [0.3, 0.4) is 0 Å². The van der Waals surface area contributed by atoms with Crippen molar-refractivity contribution >= 4 is 11.4 Å². The standard InChI is InChI=1S/C26H24N2/c1-4-11-20(12-5-1)19-22-15-10-18-24-25(22)27-28(23-16-8-3-9-17-23)26(24)21-13-6-2-7-14-21/h1-9,11-17,24,26H,10,18-19H2/t24-,26-/m1/s1. The van der Waals surface area contributed by atoms with E-state index in [0.717, 1.165) is 24.9 Å². The van der Waals surface area contributed by atoms with Gasteiger partial charge in [0.2, 0.25) is 0 Å². The predicted molar refractivity (Wildman–Crippen MR) is 116 cm³/mol. The second kappa shape index (κ2) is 7.47. The van der Waals surface area contributed by atoms with E-state index in [1.807, 2.05) is 0 Å². The van der Waals surface area contributed by atoms with Crippen molar-refractivity contribution in [2.75, 3.05) is 5.01 Å². The average Bonchev–Trinajstić information content (AvgIpc) is 3.16. The molecule has 2 nitrogen and oxygen atoms in total. The zero-order valence-corrected chi connectivity index (χ0v) is 15.9. The van der Waals surface area contributed by atoms with E-state index in [1.54, 1.807) is 0 Å². The molecule has 1 aliphatic heterocycles. The minimum atomic E-state index is 0.262. The maximum atomic E-state index is 5.20. The van der Waals surface area contributed by atoms with Crippen LogP contribution in [0.25, 0.3) is 0 Å². The number of benzene rings is 3. The summed E-state index contributed by atoms with van der Waals surface area (Å²) in [7, 11) is 0. The molecule has 0 unspecified atom stereocenters. The molecule has 0 N–H and O–H groups in total. The molecule has 28 heavy (non-hydrogen) atoms. The van der Waals surface area contributed by atoms with Crippen LogP contribution in [0.2, 0.25) is 0 Å². The monoisotopic (exact) mass is 364 g/mol. The van der Waals surface area contributed by atoms with Crippen LogP contribution in [0.1, 0.15) is 30.0 Å². The Kier molecular flexibility index (Phi) is 4.54. The van der Waals surface area contributed by atoms with Crippen LogP contribution in [0, 0.1) is 5.92 Å². The lowest BCUT2D eigenvalue weighted by Crippen LogP contribution is -2.27. The van der Waals surface area contributed by atoms with Crippen molar-refractivity contribution < 1.29 is 0 Å². The van der Waals surface area contributed by atoms with Crippen molar-refractivity contribution in [1.29, 1.82) is 0 Å². The molecule has 0 bridgehead atoms. The third-order valence-corrected chi connectivity index (χ3v) is 5.81. The molecular weight excluding hydrogens is 340 g/mol. The molecule has 0 fully saturated rings. The van der Waals surface area contributed by atoms with Gasteiger partial charge in [-0.05, 0) is 48.1 Å². The summed E-state index contributed by atoms with van der Waals surface area (Å²) in [6.45, 7) is 0. The number of nitrogens with zero attached hydrogens (tertiary/aromatic N) is 2. The van der Waals surface area contributed by atoms with Crippen molar-refractivity contribution in [2.45, 2.75) is 25.3 Å². The smallest absolute Gasteiger partial charge is 0.0860 e. The number of para-hydroxylation sites is 1. The molecule has 2 heteroatoms. The zero-order chi connectivity index (χ0) is 18.8. The molecule has 0 saturated carbocycles. The van der Waals surface area contributed by atoms with Crippen molar-refractivity contribution in [3.8, 4) is 0 Å². The predicted octanol–water partition coefficient (Wildman–Crippen LogP) is 6.18. The first-order valence-corrected chi connectivity index (χ1v) is 10.1. The lowest BCUT2D eigenvalue weighted by atomic mass is 9.78. The Morgan fingerprint density at radius 2 is 1.43 bits per heavy atom.